The van der Waals surface area contributed by atoms with Crippen LogP contribution in [-0.4, -0.2) is 39.9 Å². The van der Waals surface area contributed by atoms with Gasteiger partial charge in [-0.2, -0.15) is 0 Å². The van der Waals surface area contributed by atoms with Gasteiger partial charge in [0.15, 0.2) is 0 Å². The maximum Gasteiger partial charge on any atom is 0.213 e. The lowest BCUT2D eigenvalue weighted by atomic mass is 9.96. The highest BCUT2D eigenvalue weighted by Gasteiger charge is 2.27. The molecule has 3 aromatic rings. The summed E-state index contributed by atoms with van der Waals surface area (Å²) in [6.07, 6.45) is 9.28. The van der Waals surface area contributed by atoms with Gasteiger partial charge in [-0.25, -0.2) is 15.0 Å². The molecule has 29 heavy (non-hydrogen) atoms. The van der Waals surface area contributed by atoms with Gasteiger partial charge >= 0.3 is 0 Å². The highest BCUT2D eigenvalue weighted by atomic mass is 32.1. The SMILES string of the molecule is O=C(Cc1ccc(OC2CCC2)nc1)CC1CCN(c2ncnc3ccsc23)C1. The van der Waals surface area contributed by atoms with Crippen LogP contribution < -0.4 is 9.64 Å². The van der Waals surface area contributed by atoms with Crippen molar-refractivity contribution in [2.24, 2.45) is 5.92 Å². The molecule has 0 aromatic carbocycles. The Balaban J connectivity index is 1.15. The van der Waals surface area contributed by atoms with Gasteiger partial charge in [-0.1, -0.05) is 6.07 Å². The molecule has 3 aromatic heterocycles. The number of aromatic nitrogens is 3. The molecule has 7 heteroatoms. The first-order valence-corrected chi connectivity index (χ1v) is 11.2. The van der Waals surface area contributed by atoms with E-state index in [-0.39, 0.29) is 5.78 Å². The minimum absolute atomic E-state index is 0.273. The van der Waals surface area contributed by atoms with Gasteiger partial charge in [-0.05, 0) is 48.6 Å². The van der Waals surface area contributed by atoms with Gasteiger partial charge < -0.3 is 9.64 Å². The first-order chi connectivity index (χ1) is 14.2. The van der Waals surface area contributed by atoms with Crippen molar-refractivity contribution in [2.45, 2.75) is 44.6 Å². The van der Waals surface area contributed by atoms with Gasteiger partial charge in [-0.3, -0.25) is 4.79 Å². The van der Waals surface area contributed by atoms with Crippen LogP contribution in [0.2, 0.25) is 0 Å². The fraction of sp³-hybridized carbons (Fsp3) is 0.455. The third-order valence-electron chi connectivity index (χ3n) is 5.86. The Morgan fingerprint density at radius 1 is 1.17 bits per heavy atom. The van der Waals surface area contributed by atoms with Crippen LogP contribution in [0.15, 0.2) is 36.1 Å². The molecule has 0 spiro atoms. The molecular formula is C22H24N4O2S. The predicted octanol–water partition coefficient (Wildman–Crippen LogP) is 4.05. The number of ketones is 1. The maximum absolute atomic E-state index is 12.6. The second-order valence-corrected chi connectivity index (χ2v) is 8.94. The van der Waals surface area contributed by atoms with E-state index in [1.807, 2.05) is 18.2 Å². The summed E-state index contributed by atoms with van der Waals surface area (Å²) >= 11 is 1.68. The Hall–Kier alpha value is -2.54. The van der Waals surface area contributed by atoms with Gasteiger partial charge in [0.1, 0.15) is 24.0 Å². The minimum Gasteiger partial charge on any atom is -0.474 e. The van der Waals surface area contributed by atoms with Crippen molar-refractivity contribution in [3.63, 3.8) is 0 Å². The molecule has 0 N–H and O–H groups in total. The molecular weight excluding hydrogens is 384 g/mol. The molecule has 5 rings (SSSR count). The summed E-state index contributed by atoms with van der Waals surface area (Å²) in [7, 11) is 0. The number of nitrogens with zero attached hydrogens (tertiary/aromatic N) is 4. The van der Waals surface area contributed by atoms with Crippen molar-refractivity contribution in [1.82, 2.24) is 15.0 Å². The van der Waals surface area contributed by atoms with E-state index in [0.717, 1.165) is 53.9 Å². The van der Waals surface area contributed by atoms with Crippen LogP contribution in [0, 0.1) is 5.92 Å². The second-order valence-electron chi connectivity index (χ2n) is 8.03. The van der Waals surface area contributed by atoms with E-state index in [4.69, 9.17) is 4.74 Å². The van der Waals surface area contributed by atoms with E-state index in [2.05, 4.69) is 25.2 Å². The minimum atomic E-state index is 0.273. The molecule has 1 saturated heterocycles. The molecule has 4 heterocycles. The second kappa shape index (κ2) is 8.06. The molecule has 1 saturated carbocycles. The lowest BCUT2D eigenvalue weighted by molar-refractivity contribution is -0.119. The summed E-state index contributed by atoms with van der Waals surface area (Å²) in [6, 6.07) is 5.88. The monoisotopic (exact) mass is 408 g/mol. The Morgan fingerprint density at radius 3 is 2.90 bits per heavy atom. The van der Waals surface area contributed by atoms with Crippen LogP contribution in [0.5, 0.6) is 5.88 Å². The molecule has 150 valence electrons. The normalized spacial score (nSPS) is 19.4. The number of fused-ring (bicyclic) bond motifs is 1. The predicted molar refractivity (Wildman–Crippen MR) is 114 cm³/mol. The van der Waals surface area contributed by atoms with E-state index in [9.17, 15) is 4.79 Å². The highest BCUT2D eigenvalue weighted by Crippen LogP contribution is 2.32. The Morgan fingerprint density at radius 2 is 2.10 bits per heavy atom. The number of Topliss-reactive ketones (excluding diaryl/α,β-unsaturated/α-hetero) is 1. The largest absolute Gasteiger partial charge is 0.474 e. The van der Waals surface area contributed by atoms with Crippen LogP contribution in [0.25, 0.3) is 10.2 Å². The Bertz CT molecular complexity index is 999. The zero-order valence-corrected chi connectivity index (χ0v) is 17.1. The summed E-state index contributed by atoms with van der Waals surface area (Å²) in [5, 5.41) is 2.05. The summed E-state index contributed by atoms with van der Waals surface area (Å²) in [6.45, 7) is 1.82. The molecule has 2 aliphatic rings. The number of hydrogen-bond donors (Lipinski definition) is 0. The third-order valence-corrected chi connectivity index (χ3v) is 6.76. The van der Waals surface area contributed by atoms with Gasteiger partial charge in [0.25, 0.3) is 0 Å². The number of carbonyl (C=O) groups excluding carboxylic acids is 1. The summed E-state index contributed by atoms with van der Waals surface area (Å²) in [5.74, 6) is 2.32. The molecule has 1 aliphatic carbocycles. The number of pyridine rings is 1. The molecule has 1 unspecified atom stereocenters. The number of carbonyl (C=O) groups is 1. The van der Waals surface area contributed by atoms with Crippen molar-refractivity contribution < 1.29 is 9.53 Å². The van der Waals surface area contributed by atoms with Crippen LogP contribution in [0.4, 0.5) is 5.82 Å². The molecule has 6 nitrogen and oxygen atoms in total. The van der Waals surface area contributed by atoms with Crippen molar-refractivity contribution in [3.8, 4) is 5.88 Å². The number of rotatable bonds is 7. The third kappa shape index (κ3) is 4.10. The number of thiophene rings is 1. The van der Waals surface area contributed by atoms with E-state index < -0.39 is 0 Å². The summed E-state index contributed by atoms with van der Waals surface area (Å²) in [5.41, 5.74) is 1.96. The first kappa shape index (κ1) is 18.5. The smallest absolute Gasteiger partial charge is 0.213 e. The molecule has 1 aliphatic heterocycles. The quantitative estimate of drug-likeness (QED) is 0.588. The highest BCUT2D eigenvalue weighted by molar-refractivity contribution is 7.17. The van der Waals surface area contributed by atoms with E-state index in [1.54, 1.807) is 23.9 Å². The van der Waals surface area contributed by atoms with Crippen molar-refractivity contribution in [2.75, 3.05) is 18.0 Å². The van der Waals surface area contributed by atoms with Crippen LogP contribution in [0.3, 0.4) is 0 Å². The zero-order valence-electron chi connectivity index (χ0n) is 16.3. The van der Waals surface area contributed by atoms with Gasteiger partial charge in [0.05, 0.1) is 10.2 Å². The van der Waals surface area contributed by atoms with Gasteiger partial charge in [0.2, 0.25) is 5.88 Å². The lowest BCUT2D eigenvalue weighted by Crippen LogP contribution is -2.24. The van der Waals surface area contributed by atoms with Crippen molar-refractivity contribution in [1.29, 1.82) is 0 Å². The molecule has 2 fully saturated rings. The maximum atomic E-state index is 12.6. The zero-order chi connectivity index (χ0) is 19.6. The van der Waals surface area contributed by atoms with E-state index in [1.165, 1.54) is 6.42 Å². The molecule has 1 atom stereocenters. The van der Waals surface area contributed by atoms with Crippen molar-refractivity contribution >= 4 is 33.2 Å². The molecule has 0 amide bonds. The van der Waals surface area contributed by atoms with Crippen LogP contribution in [-0.2, 0) is 11.2 Å². The number of ether oxygens (including phenoxy) is 1. The van der Waals surface area contributed by atoms with Gasteiger partial charge in [0, 0.05) is 38.2 Å². The van der Waals surface area contributed by atoms with Crippen LogP contribution in [0.1, 0.15) is 37.7 Å². The average Bonchev–Trinajstić information content (AvgIpc) is 3.35. The fourth-order valence-corrected chi connectivity index (χ4v) is 4.92. The fourth-order valence-electron chi connectivity index (χ4n) is 4.06. The topological polar surface area (TPSA) is 68.2 Å². The van der Waals surface area contributed by atoms with Crippen molar-refractivity contribution in [3.05, 3.63) is 41.7 Å². The Kier molecular flexibility index (Phi) is 5.14. The van der Waals surface area contributed by atoms with Gasteiger partial charge in [-0.15, -0.1) is 11.3 Å². The first-order valence-electron chi connectivity index (χ1n) is 10.3. The average molecular weight is 409 g/mol. The summed E-state index contributed by atoms with van der Waals surface area (Å²) in [4.78, 5) is 28.1. The lowest BCUT2D eigenvalue weighted by Gasteiger charge is -2.25. The standard InChI is InChI=1S/C22H24N4O2S/c27-17(10-15-4-5-20(23-12-15)28-18-2-1-3-18)11-16-6-8-26(13-16)22-21-19(7-9-29-21)24-14-25-22/h4-5,7,9,12,14,16,18H,1-3,6,8,10-11,13H2. The van der Waals surface area contributed by atoms with E-state index >= 15 is 0 Å². The molecule has 0 bridgehead atoms. The Labute approximate surface area is 174 Å². The number of hydrogen-bond acceptors (Lipinski definition) is 7. The number of anilines is 1. The summed E-state index contributed by atoms with van der Waals surface area (Å²) < 4.78 is 6.92. The van der Waals surface area contributed by atoms with E-state index in [0.29, 0.717) is 30.7 Å². The molecule has 0 radical (unpaired) electrons. The van der Waals surface area contributed by atoms with Crippen LogP contribution >= 0.6 is 11.3 Å².